The van der Waals surface area contributed by atoms with Crippen molar-refractivity contribution in [1.82, 2.24) is 10.2 Å². The molecule has 7 nitrogen and oxygen atoms in total. The maximum Gasteiger partial charge on any atom is 0.412 e. The van der Waals surface area contributed by atoms with Gasteiger partial charge in [0.2, 0.25) is 11.8 Å². The second-order valence-electron chi connectivity index (χ2n) is 6.95. The Hall–Kier alpha value is -2.57. The number of rotatable bonds is 4. The van der Waals surface area contributed by atoms with E-state index in [-0.39, 0.29) is 24.8 Å². The number of anilines is 1. The topological polar surface area (TPSA) is 87.7 Å². The minimum Gasteiger partial charge on any atom is -0.444 e. The fourth-order valence-electron chi connectivity index (χ4n) is 2.52. The van der Waals surface area contributed by atoms with Crippen molar-refractivity contribution in [1.29, 1.82) is 0 Å². The van der Waals surface area contributed by atoms with E-state index in [1.165, 1.54) is 0 Å². The molecule has 1 heterocycles. The number of aryl methyl sites for hydroxylation is 1. The highest BCUT2D eigenvalue weighted by Gasteiger charge is 2.21. The summed E-state index contributed by atoms with van der Waals surface area (Å²) in [4.78, 5) is 37.2. The molecule has 1 aromatic rings. The van der Waals surface area contributed by atoms with Crippen molar-refractivity contribution < 1.29 is 19.1 Å². The van der Waals surface area contributed by atoms with Gasteiger partial charge in [-0.15, -0.1) is 0 Å². The molecule has 0 atom stereocenters. The number of hydrogen-bond acceptors (Lipinski definition) is 4. The van der Waals surface area contributed by atoms with Crippen LogP contribution in [0, 0.1) is 0 Å². The van der Waals surface area contributed by atoms with Crippen LogP contribution in [0.3, 0.4) is 0 Å². The lowest BCUT2D eigenvalue weighted by molar-refractivity contribution is -0.138. The van der Waals surface area contributed by atoms with Crippen LogP contribution >= 0.6 is 0 Å². The molecule has 0 aromatic heterocycles. The van der Waals surface area contributed by atoms with E-state index < -0.39 is 11.7 Å². The summed E-state index contributed by atoms with van der Waals surface area (Å²) >= 11 is 0. The zero-order valence-electron chi connectivity index (χ0n) is 14.9. The average Bonchev–Trinajstić information content (AvgIpc) is 2.52. The minimum absolute atomic E-state index is 0.0677. The highest BCUT2D eigenvalue weighted by Crippen LogP contribution is 2.19. The van der Waals surface area contributed by atoms with Crippen molar-refractivity contribution in [2.75, 3.05) is 25.0 Å². The predicted molar refractivity (Wildman–Crippen MR) is 94.2 cm³/mol. The van der Waals surface area contributed by atoms with Crippen molar-refractivity contribution in [2.45, 2.75) is 39.2 Å². The number of amides is 3. The molecule has 7 heteroatoms. The number of piperazine rings is 1. The van der Waals surface area contributed by atoms with Crippen molar-refractivity contribution in [3.05, 3.63) is 29.8 Å². The van der Waals surface area contributed by atoms with Crippen LogP contribution in [0.5, 0.6) is 0 Å². The summed E-state index contributed by atoms with van der Waals surface area (Å²) in [6.07, 6.45) is 0.224. The molecule has 1 aliphatic heterocycles. The van der Waals surface area contributed by atoms with E-state index in [4.69, 9.17) is 4.74 Å². The first-order valence-electron chi connectivity index (χ1n) is 8.37. The first-order chi connectivity index (χ1) is 11.7. The zero-order valence-corrected chi connectivity index (χ0v) is 14.9. The summed E-state index contributed by atoms with van der Waals surface area (Å²) in [5.41, 5.74) is 0.896. The highest BCUT2D eigenvalue weighted by atomic mass is 16.6. The van der Waals surface area contributed by atoms with Crippen LogP contribution in [0.2, 0.25) is 0 Å². The van der Waals surface area contributed by atoms with Crippen LogP contribution in [0.25, 0.3) is 0 Å². The lowest BCUT2D eigenvalue weighted by Crippen LogP contribution is -2.50. The molecule has 0 aliphatic carbocycles. The fourth-order valence-corrected chi connectivity index (χ4v) is 2.52. The van der Waals surface area contributed by atoms with Gasteiger partial charge in [-0.1, -0.05) is 18.2 Å². The molecule has 1 aliphatic rings. The molecule has 1 saturated heterocycles. The molecule has 1 fully saturated rings. The van der Waals surface area contributed by atoms with Gasteiger partial charge in [-0.25, -0.2) is 4.79 Å². The number of benzene rings is 1. The fraction of sp³-hybridized carbons (Fsp3) is 0.500. The Kier molecular flexibility index (Phi) is 6.01. The third kappa shape index (κ3) is 6.10. The lowest BCUT2D eigenvalue weighted by atomic mass is 10.1. The molecule has 0 unspecified atom stereocenters. The summed E-state index contributed by atoms with van der Waals surface area (Å²) in [6, 6.07) is 7.31. The number of hydrogen-bond donors (Lipinski definition) is 2. The molecule has 2 rings (SSSR count). The normalized spacial score (nSPS) is 14.7. The van der Waals surface area contributed by atoms with Crippen LogP contribution in [0.4, 0.5) is 10.5 Å². The Morgan fingerprint density at radius 2 is 2.00 bits per heavy atom. The number of nitrogens with zero attached hydrogens (tertiary/aromatic N) is 1. The van der Waals surface area contributed by atoms with Gasteiger partial charge in [0, 0.05) is 25.2 Å². The van der Waals surface area contributed by atoms with E-state index in [9.17, 15) is 14.4 Å². The highest BCUT2D eigenvalue weighted by molar-refractivity contribution is 5.87. The van der Waals surface area contributed by atoms with Crippen LogP contribution in [0.1, 0.15) is 32.8 Å². The molecular formula is C18H25N3O4. The first-order valence-corrected chi connectivity index (χ1v) is 8.37. The zero-order chi connectivity index (χ0) is 18.4. The first kappa shape index (κ1) is 18.8. The van der Waals surface area contributed by atoms with E-state index in [1.807, 2.05) is 18.2 Å². The molecule has 25 heavy (non-hydrogen) atoms. The molecule has 2 N–H and O–H groups in total. The smallest absolute Gasteiger partial charge is 0.412 e. The Balaban J connectivity index is 1.95. The summed E-state index contributed by atoms with van der Waals surface area (Å²) in [5.74, 6) is -0.200. The molecule has 0 spiro atoms. The van der Waals surface area contributed by atoms with Gasteiger partial charge in [0.05, 0.1) is 6.54 Å². The number of ether oxygens (including phenoxy) is 1. The van der Waals surface area contributed by atoms with Crippen LogP contribution in [-0.2, 0) is 20.7 Å². The van der Waals surface area contributed by atoms with Crippen molar-refractivity contribution in [3.8, 4) is 0 Å². The van der Waals surface area contributed by atoms with Gasteiger partial charge in [-0.3, -0.25) is 14.9 Å². The molecule has 0 radical (unpaired) electrons. The van der Waals surface area contributed by atoms with Gasteiger partial charge in [0.15, 0.2) is 0 Å². The lowest BCUT2D eigenvalue weighted by Gasteiger charge is -2.26. The number of carbonyl (C=O) groups excluding carboxylic acids is 3. The van der Waals surface area contributed by atoms with Crippen LogP contribution in [0.15, 0.2) is 24.3 Å². The molecule has 3 amide bonds. The van der Waals surface area contributed by atoms with Crippen LogP contribution < -0.4 is 10.6 Å². The Bertz CT molecular complexity index is 652. The van der Waals surface area contributed by atoms with E-state index in [0.717, 1.165) is 5.56 Å². The van der Waals surface area contributed by atoms with E-state index in [2.05, 4.69) is 10.6 Å². The number of para-hydroxylation sites is 1. The summed E-state index contributed by atoms with van der Waals surface area (Å²) in [7, 11) is 0. The summed E-state index contributed by atoms with van der Waals surface area (Å²) in [6.45, 7) is 6.52. The summed E-state index contributed by atoms with van der Waals surface area (Å²) < 4.78 is 5.26. The maximum absolute atomic E-state index is 12.3. The summed E-state index contributed by atoms with van der Waals surface area (Å²) in [5, 5.41) is 5.42. The molecule has 1 aromatic carbocycles. The largest absolute Gasteiger partial charge is 0.444 e. The third-order valence-corrected chi connectivity index (χ3v) is 3.65. The van der Waals surface area contributed by atoms with Gasteiger partial charge in [0.25, 0.3) is 0 Å². The van der Waals surface area contributed by atoms with Crippen molar-refractivity contribution in [2.24, 2.45) is 0 Å². The maximum atomic E-state index is 12.3. The second-order valence-corrected chi connectivity index (χ2v) is 6.95. The minimum atomic E-state index is -0.580. The quantitative estimate of drug-likeness (QED) is 0.871. The molecular weight excluding hydrogens is 322 g/mol. The average molecular weight is 347 g/mol. The van der Waals surface area contributed by atoms with Gasteiger partial charge in [-0.2, -0.15) is 0 Å². The van der Waals surface area contributed by atoms with Gasteiger partial charge in [-0.05, 0) is 38.8 Å². The second kappa shape index (κ2) is 8.00. The van der Waals surface area contributed by atoms with Gasteiger partial charge in [0.1, 0.15) is 5.60 Å². The van der Waals surface area contributed by atoms with Crippen LogP contribution in [-0.4, -0.2) is 48.0 Å². The monoisotopic (exact) mass is 347 g/mol. The Labute approximate surface area is 147 Å². The predicted octanol–water partition coefficient (Wildman–Crippen LogP) is 1.92. The number of carbonyl (C=O) groups is 3. The Morgan fingerprint density at radius 1 is 1.28 bits per heavy atom. The number of nitrogens with one attached hydrogen (secondary N) is 2. The van der Waals surface area contributed by atoms with Gasteiger partial charge < -0.3 is 15.0 Å². The SMILES string of the molecule is CC(C)(C)OC(=O)Nc1ccccc1CCC(=O)N1CCNC(=O)C1. The van der Waals surface area contributed by atoms with Crippen molar-refractivity contribution in [3.63, 3.8) is 0 Å². The standard InChI is InChI=1S/C18H25N3O4/c1-18(2,3)25-17(24)20-14-7-5-4-6-13(14)8-9-16(23)21-11-10-19-15(22)12-21/h4-7H,8-12H2,1-3H3,(H,19,22)(H,20,24). The van der Waals surface area contributed by atoms with E-state index >= 15 is 0 Å². The van der Waals surface area contributed by atoms with Crippen molar-refractivity contribution >= 4 is 23.6 Å². The van der Waals surface area contributed by atoms with E-state index in [0.29, 0.717) is 25.2 Å². The van der Waals surface area contributed by atoms with Gasteiger partial charge >= 0.3 is 6.09 Å². The third-order valence-electron chi connectivity index (χ3n) is 3.65. The molecule has 0 bridgehead atoms. The molecule has 0 saturated carbocycles. The molecule has 136 valence electrons. The Morgan fingerprint density at radius 3 is 2.68 bits per heavy atom. The van der Waals surface area contributed by atoms with E-state index in [1.54, 1.807) is 31.7 Å².